The van der Waals surface area contributed by atoms with Crippen LogP contribution in [-0.2, 0) is 16.1 Å². The molecule has 140 valence electrons. The molecule has 0 atom stereocenters. The number of thioether (sulfide) groups is 1. The molecule has 2 N–H and O–H groups in total. The summed E-state index contributed by atoms with van der Waals surface area (Å²) in [6.45, 7) is 4.84. The number of amides is 1. The summed E-state index contributed by atoms with van der Waals surface area (Å²) in [5, 5.41) is 9.29. The van der Waals surface area contributed by atoms with Crippen LogP contribution < -0.4 is 5.73 Å². The average molecular weight is 379 g/mol. The fourth-order valence-corrected chi connectivity index (χ4v) is 3.64. The molecule has 1 aromatic carbocycles. The maximum atomic E-state index is 13.2. The zero-order valence-corrected chi connectivity index (χ0v) is 15.3. The summed E-state index contributed by atoms with van der Waals surface area (Å²) in [7, 11) is 0. The van der Waals surface area contributed by atoms with Crippen LogP contribution in [0.5, 0.6) is 0 Å². The Kier molecular flexibility index (Phi) is 6.59. The fraction of sp³-hybridized carbons (Fsp3) is 0.471. The summed E-state index contributed by atoms with van der Waals surface area (Å²) >= 11 is 1.45. The van der Waals surface area contributed by atoms with Crippen LogP contribution in [0.2, 0.25) is 0 Å². The minimum absolute atomic E-state index is 0.285. The van der Waals surface area contributed by atoms with E-state index in [0.717, 1.165) is 43.6 Å². The molecule has 26 heavy (non-hydrogen) atoms. The van der Waals surface area contributed by atoms with Gasteiger partial charge in [-0.05, 0) is 24.3 Å². The number of hydrogen-bond acceptors (Lipinski definition) is 6. The number of rotatable bonds is 8. The van der Waals surface area contributed by atoms with Gasteiger partial charge >= 0.3 is 0 Å². The zero-order chi connectivity index (χ0) is 18.4. The predicted octanol–water partition coefficient (Wildman–Crippen LogP) is 1.38. The highest BCUT2D eigenvalue weighted by Crippen LogP contribution is 2.24. The van der Waals surface area contributed by atoms with Crippen LogP contribution in [0.3, 0.4) is 0 Å². The molecule has 1 aromatic heterocycles. The third-order valence-electron chi connectivity index (χ3n) is 4.14. The van der Waals surface area contributed by atoms with Gasteiger partial charge in [0, 0.05) is 43.9 Å². The van der Waals surface area contributed by atoms with Gasteiger partial charge in [-0.3, -0.25) is 9.69 Å². The molecule has 0 spiro atoms. The Labute approximate surface area is 155 Å². The van der Waals surface area contributed by atoms with Crippen molar-refractivity contribution in [3.05, 3.63) is 30.1 Å². The van der Waals surface area contributed by atoms with Gasteiger partial charge in [0.25, 0.3) is 0 Å². The molecule has 0 bridgehead atoms. The lowest BCUT2D eigenvalue weighted by atomic mass is 10.2. The number of nitrogens with zero attached hydrogens (tertiary/aromatic N) is 4. The Bertz CT molecular complexity index is 731. The van der Waals surface area contributed by atoms with E-state index in [-0.39, 0.29) is 18.1 Å². The van der Waals surface area contributed by atoms with Gasteiger partial charge < -0.3 is 15.0 Å². The van der Waals surface area contributed by atoms with E-state index >= 15 is 0 Å². The van der Waals surface area contributed by atoms with Crippen LogP contribution in [-0.4, -0.2) is 64.2 Å². The normalized spacial score (nSPS) is 15.3. The predicted molar refractivity (Wildman–Crippen MR) is 97.2 cm³/mol. The lowest BCUT2D eigenvalue weighted by molar-refractivity contribution is -0.117. The topological polar surface area (TPSA) is 86.3 Å². The van der Waals surface area contributed by atoms with Gasteiger partial charge in [0.1, 0.15) is 5.82 Å². The largest absolute Gasteiger partial charge is 0.379 e. The SMILES string of the molecule is NC(=O)CCSc1nnc(-c2ccc(F)cc2)n1CCN1CCOCC1. The van der Waals surface area contributed by atoms with Crippen molar-refractivity contribution in [2.75, 3.05) is 38.6 Å². The Morgan fingerprint density at radius 1 is 1.19 bits per heavy atom. The maximum absolute atomic E-state index is 13.2. The molecule has 0 unspecified atom stereocenters. The Morgan fingerprint density at radius 3 is 2.62 bits per heavy atom. The minimum Gasteiger partial charge on any atom is -0.379 e. The van der Waals surface area contributed by atoms with Crippen molar-refractivity contribution < 1.29 is 13.9 Å². The molecule has 1 aliphatic heterocycles. The highest BCUT2D eigenvalue weighted by atomic mass is 32.2. The van der Waals surface area contributed by atoms with Crippen LogP contribution >= 0.6 is 11.8 Å². The highest BCUT2D eigenvalue weighted by Gasteiger charge is 2.17. The average Bonchev–Trinajstić information content (AvgIpc) is 3.04. The molecule has 7 nitrogen and oxygen atoms in total. The molecule has 1 aliphatic rings. The van der Waals surface area contributed by atoms with Crippen molar-refractivity contribution in [2.24, 2.45) is 5.73 Å². The fourth-order valence-electron chi connectivity index (χ4n) is 2.72. The van der Waals surface area contributed by atoms with Gasteiger partial charge in [0.05, 0.1) is 13.2 Å². The first kappa shape index (κ1) is 18.8. The van der Waals surface area contributed by atoms with Gasteiger partial charge in [0.15, 0.2) is 11.0 Å². The van der Waals surface area contributed by atoms with Gasteiger partial charge in [-0.25, -0.2) is 4.39 Å². The number of morpholine rings is 1. The molecule has 3 rings (SSSR count). The first-order valence-electron chi connectivity index (χ1n) is 8.54. The lowest BCUT2D eigenvalue weighted by Crippen LogP contribution is -2.38. The molecule has 0 radical (unpaired) electrons. The van der Waals surface area contributed by atoms with Gasteiger partial charge in [-0.15, -0.1) is 10.2 Å². The van der Waals surface area contributed by atoms with Gasteiger partial charge in [-0.2, -0.15) is 0 Å². The highest BCUT2D eigenvalue weighted by molar-refractivity contribution is 7.99. The van der Waals surface area contributed by atoms with Gasteiger partial charge in [0.2, 0.25) is 5.91 Å². The summed E-state index contributed by atoms with van der Waals surface area (Å²) in [5.41, 5.74) is 6.02. The number of aromatic nitrogens is 3. The van der Waals surface area contributed by atoms with Crippen LogP contribution in [0, 0.1) is 5.82 Å². The van der Waals surface area contributed by atoms with Crippen LogP contribution in [0.4, 0.5) is 4.39 Å². The van der Waals surface area contributed by atoms with Gasteiger partial charge in [-0.1, -0.05) is 11.8 Å². The third-order valence-corrected chi connectivity index (χ3v) is 5.11. The Balaban J connectivity index is 1.77. The lowest BCUT2D eigenvalue weighted by Gasteiger charge is -2.27. The molecule has 0 saturated carbocycles. The molecule has 0 aliphatic carbocycles. The summed E-state index contributed by atoms with van der Waals surface area (Å²) in [6.07, 6.45) is 0.285. The molecule has 1 saturated heterocycles. The second-order valence-corrected chi connectivity index (χ2v) is 7.05. The van der Waals surface area contributed by atoms with Crippen molar-refractivity contribution >= 4 is 17.7 Å². The number of carbonyl (C=O) groups excluding carboxylic acids is 1. The second kappa shape index (κ2) is 9.11. The summed E-state index contributed by atoms with van der Waals surface area (Å²) in [6, 6.07) is 6.22. The molecule has 2 heterocycles. The van der Waals surface area contributed by atoms with E-state index in [1.165, 1.54) is 23.9 Å². The number of carbonyl (C=O) groups is 1. The Hall–Kier alpha value is -1.97. The number of nitrogens with two attached hydrogens (primary N) is 1. The summed E-state index contributed by atoms with van der Waals surface area (Å²) < 4.78 is 20.6. The molecule has 2 aromatic rings. The van der Waals surface area contributed by atoms with Crippen molar-refractivity contribution in [3.8, 4) is 11.4 Å². The van der Waals surface area contributed by atoms with E-state index in [4.69, 9.17) is 10.5 Å². The first-order chi connectivity index (χ1) is 12.6. The number of benzene rings is 1. The molecular formula is C17H22FN5O2S. The number of ether oxygens (including phenoxy) is 1. The van der Waals surface area contributed by atoms with Crippen molar-refractivity contribution in [2.45, 2.75) is 18.1 Å². The van der Waals surface area contributed by atoms with E-state index in [9.17, 15) is 9.18 Å². The molecule has 1 amide bonds. The van der Waals surface area contributed by atoms with Crippen molar-refractivity contribution in [1.29, 1.82) is 0 Å². The van der Waals surface area contributed by atoms with Crippen LogP contribution in [0.15, 0.2) is 29.4 Å². The number of halogens is 1. The Morgan fingerprint density at radius 2 is 1.92 bits per heavy atom. The van der Waals surface area contributed by atoms with E-state index < -0.39 is 0 Å². The monoisotopic (exact) mass is 379 g/mol. The van der Waals surface area contributed by atoms with E-state index in [2.05, 4.69) is 15.1 Å². The zero-order valence-electron chi connectivity index (χ0n) is 14.4. The summed E-state index contributed by atoms with van der Waals surface area (Å²) in [4.78, 5) is 13.3. The quantitative estimate of drug-likeness (QED) is 0.698. The molecule has 9 heteroatoms. The standard InChI is InChI=1S/C17H22FN5O2S/c18-14-3-1-13(2-4-14)16-20-21-17(26-12-5-15(19)24)23(16)7-6-22-8-10-25-11-9-22/h1-4H,5-12H2,(H2,19,24). The van der Waals surface area contributed by atoms with E-state index in [0.29, 0.717) is 18.1 Å². The number of primary amides is 1. The van der Waals surface area contributed by atoms with Crippen LogP contribution in [0.1, 0.15) is 6.42 Å². The summed E-state index contributed by atoms with van der Waals surface area (Å²) in [5.74, 6) is 0.619. The van der Waals surface area contributed by atoms with Crippen molar-refractivity contribution in [1.82, 2.24) is 19.7 Å². The number of hydrogen-bond donors (Lipinski definition) is 1. The minimum atomic E-state index is -0.337. The van der Waals surface area contributed by atoms with Crippen molar-refractivity contribution in [3.63, 3.8) is 0 Å². The molecular weight excluding hydrogens is 357 g/mol. The van der Waals surface area contributed by atoms with E-state index in [1.807, 2.05) is 4.57 Å². The second-order valence-electron chi connectivity index (χ2n) is 5.98. The molecule has 1 fully saturated rings. The maximum Gasteiger partial charge on any atom is 0.218 e. The smallest absolute Gasteiger partial charge is 0.218 e. The van der Waals surface area contributed by atoms with E-state index in [1.54, 1.807) is 12.1 Å². The third kappa shape index (κ3) is 5.03. The van der Waals surface area contributed by atoms with Crippen LogP contribution in [0.25, 0.3) is 11.4 Å². The first-order valence-corrected chi connectivity index (χ1v) is 9.52.